The predicted octanol–water partition coefficient (Wildman–Crippen LogP) is 5.96. The number of alkyl halides is 3. The van der Waals surface area contributed by atoms with E-state index in [1.54, 1.807) is 11.0 Å². The number of rotatable bonds is 7. The lowest BCUT2D eigenvalue weighted by Crippen LogP contribution is -2.50. The third-order valence-electron chi connectivity index (χ3n) is 6.83. The van der Waals surface area contributed by atoms with Crippen molar-refractivity contribution in [2.75, 3.05) is 13.2 Å². The van der Waals surface area contributed by atoms with E-state index in [4.69, 9.17) is 9.15 Å². The summed E-state index contributed by atoms with van der Waals surface area (Å²) in [5.41, 5.74) is 4.85. The van der Waals surface area contributed by atoms with Gasteiger partial charge < -0.3 is 14.3 Å². The number of benzene rings is 3. The predicted molar refractivity (Wildman–Crippen MR) is 137 cm³/mol. The van der Waals surface area contributed by atoms with Crippen molar-refractivity contribution < 1.29 is 32.2 Å². The van der Waals surface area contributed by atoms with Gasteiger partial charge >= 0.3 is 12.1 Å². The summed E-state index contributed by atoms with van der Waals surface area (Å²) in [6, 6.07) is 18.7. The fraction of sp³-hybridized carbons (Fsp3) is 0.286. The third-order valence-corrected chi connectivity index (χ3v) is 7.61. The Morgan fingerprint density at radius 3 is 2.61 bits per heavy atom. The highest BCUT2D eigenvalue weighted by atomic mass is 28.1. The number of fused-ring (bicyclic) bond motifs is 1. The number of aliphatic carboxylic acids is 1. The minimum absolute atomic E-state index is 0.0291. The maximum Gasteiger partial charge on any atom is 0.422 e. The Kier molecular flexibility index (Phi) is 6.78. The molecule has 10 heteroatoms. The first-order valence-corrected chi connectivity index (χ1v) is 12.6. The normalized spacial score (nSPS) is 18.2. The molecule has 6 nitrogen and oxygen atoms in total. The molecular weight excluding hydrogens is 513 g/mol. The minimum atomic E-state index is -4.54. The highest BCUT2D eigenvalue weighted by Crippen LogP contribution is 2.37. The topological polar surface area (TPSA) is 75.8 Å². The van der Waals surface area contributed by atoms with Crippen LogP contribution >= 0.6 is 0 Å². The first-order valence-electron chi connectivity index (χ1n) is 12.1. The standard InChI is InChI=1S/C28H24F3N2O4Si/c1-17-20(18-7-3-2-4-8-18)9-5-10-21(17)25-32-22-13-19(15-33-12-6-11-27(33,38)26(34)35)23(14-24(22)37-25)36-16-28(29,30)31/h2-5,7-10,13-14H,6,11-12,15-16H2,1H3,(H,34,35)/t27-/m1/s1. The first kappa shape index (κ1) is 26.0. The Bertz CT molecular complexity index is 1490. The van der Waals surface area contributed by atoms with Gasteiger partial charge in [-0.15, -0.1) is 0 Å². The van der Waals surface area contributed by atoms with Crippen molar-refractivity contribution in [2.24, 2.45) is 0 Å². The first-order chi connectivity index (χ1) is 18.0. The second-order valence-electron chi connectivity index (χ2n) is 9.39. The molecule has 0 saturated carbocycles. The molecule has 1 aliphatic heterocycles. The lowest BCUT2D eigenvalue weighted by Gasteiger charge is -2.31. The lowest BCUT2D eigenvalue weighted by molar-refractivity contribution is -0.153. The number of carboxylic acid groups (broad SMARTS) is 1. The fourth-order valence-corrected chi connectivity index (χ4v) is 5.23. The van der Waals surface area contributed by atoms with Crippen molar-refractivity contribution in [3.05, 3.63) is 71.8 Å². The van der Waals surface area contributed by atoms with E-state index in [2.05, 4.69) is 15.2 Å². The van der Waals surface area contributed by atoms with E-state index in [-0.39, 0.29) is 17.9 Å². The molecule has 1 N–H and O–H groups in total. The number of carboxylic acids is 1. The molecule has 5 rings (SSSR count). The molecule has 0 aliphatic carbocycles. The molecule has 1 saturated heterocycles. The van der Waals surface area contributed by atoms with Gasteiger partial charge in [0.05, 0.1) is 10.2 Å². The summed E-state index contributed by atoms with van der Waals surface area (Å²) >= 11 is 0. The van der Waals surface area contributed by atoms with Gasteiger partial charge in [0.25, 0.3) is 0 Å². The minimum Gasteiger partial charge on any atom is -0.484 e. The number of hydrogen-bond acceptors (Lipinski definition) is 5. The van der Waals surface area contributed by atoms with Crippen LogP contribution in [0.1, 0.15) is 24.0 Å². The van der Waals surface area contributed by atoms with Crippen LogP contribution in [0.15, 0.2) is 65.1 Å². The zero-order chi connectivity index (χ0) is 27.1. The number of oxazole rings is 1. The number of hydrogen-bond donors (Lipinski definition) is 1. The molecule has 1 aliphatic rings. The van der Waals surface area contributed by atoms with E-state index in [1.807, 2.05) is 55.5 Å². The number of likely N-dealkylation sites (tertiary alicyclic amines) is 1. The Morgan fingerprint density at radius 1 is 1.16 bits per heavy atom. The maximum atomic E-state index is 13.0. The highest BCUT2D eigenvalue weighted by Gasteiger charge is 2.43. The van der Waals surface area contributed by atoms with Gasteiger partial charge in [0.1, 0.15) is 16.4 Å². The molecule has 1 fully saturated rings. The Labute approximate surface area is 220 Å². The average Bonchev–Trinajstić information content (AvgIpc) is 3.46. The van der Waals surface area contributed by atoms with Crippen LogP contribution in [-0.2, 0) is 11.3 Å². The van der Waals surface area contributed by atoms with Gasteiger partial charge in [0.2, 0.25) is 5.89 Å². The molecular formula is C28H24F3N2O4Si. The molecule has 0 bridgehead atoms. The molecule has 2 heterocycles. The summed E-state index contributed by atoms with van der Waals surface area (Å²) < 4.78 is 50.2. The molecule has 1 atom stereocenters. The van der Waals surface area contributed by atoms with Crippen LogP contribution in [0.2, 0.25) is 0 Å². The lowest BCUT2D eigenvalue weighted by atomic mass is 9.96. The van der Waals surface area contributed by atoms with Crippen molar-refractivity contribution >= 4 is 27.3 Å². The van der Waals surface area contributed by atoms with Crippen LogP contribution in [0.4, 0.5) is 13.2 Å². The third kappa shape index (κ3) is 5.06. The Morgan fingerprint density at radius 2 is 1.89 bits per heavy atom. The van der Waals surface area contributed by atoms with Crippen LogP contribution in [-0.4, -0.2) is 55.7 Å². The van der Waals surface area contributed by atoms with Gasteiger partial charge in [0, 0.05) is 23.7 Å². The fourth-order valence-electron chi connectivity index (χ4n) is 4.87. The highest BCUT2D eigenvalue weighted by molar-refractivity contribution is 6.27. The summed E-state index contributed by atoms with van der Waals surface area (Å²) in [6.07, 6.45) is -3.55. The van der Waals surface area contributed by atoms with E-state index in [0.29, 0.717) is 36.4 Å². The smallest absolute Gasteiger partial charge is 0.422 e. The Hall–Kier alpha value is -3.63. The van der Waals surface area contributed by atoms with Crippen molar-refractivity contribution in [3.8, 4) is 28.3 Å². The number of halogens is 3. The number of nitrogens with zero attached hydrogens (tertiary/aromatic N) is 2. The average molecular weight is 538 g/mol. The van der Waals surface area contributed by atoms with Crippen LogP contribution in [0.3, 0.4) is 0 Å². The SMILES string of the molecule is Cc1c(-c2ccccc2)cccc1-c1nc2cc(CN3CCC[C@@]3([Si])C(=O)O)c(OCC(F)(F)F)cc2o1. The molecule has 4 aromatic rings. The van der Waals surface area contributed by atoms with E-state index in [1.165, 1.54) is 6.07 Å². The number of carbonyl (C=O) groups is 1. The molecule has 1 aromatic heterocycles. The van der Waals surface area contributed by atoms with Crippen molar-refractivity contribution in [3.63, 3.8) is 0 Å². The second-order valence-corrected chi connectivity index (χ2v) is 10.2. The molecule has 3 aromatic carbocycles. The van der Waals surface area contributed by atoms with Crippen molar-refractivity contribution in [1.82, 2.24) is 9.88 Å². The molecule has 0 amide bonds. The molecule has 195 valence electrons. The van der Waals surface area contributed by atoms with Crippen LogP contribution in [0.25, 0.3) is 33.7 Å². The molecule has 38 heavy (non-hydrogen) atoms. The van der Waals surface area contributed by atoms with Gasteiger partial charge in [0.15, 0.2) is 12.2 Å². The van der Waals surface area contributed by atoms with E-state index in [9.17, 15) is 23.1 Å². The largest absolute Gasteiger partial charge is 0.484 e. The molecule has 3 radical (unpaired) electrons. The zero-order valence-corrected chi connectivity index (χ0v) is 21.5. The van der Waals surface area contributed by atoms with Gasteiger partial charge in [-0.05, 0) is 55.1 Å². The van der Waals surface area contributed by atoms with E-state index >= 15 is 0 Å². The number of ether oxygens (including phenoxy) is 1. The van der Waals surface area contributed by atoms with Gasteiger partial charge in [-0.1, -0.05) is 42.5 Å². The summed E-state index contributed by atoms with van der Waals surface area (Å²) in [6.45, 7) is 0.999. The summed E-state index contributed by atoms with van der Waals surface area (Å²) in [5, 5.41) is 8.43. The van der Waals surface area contributed by atoms with E-state index < -0.39 is 23.9 Å². The van der Waals surface area contributed by atoms with Crippen LogP contribution < -0.4 is 4.74 Å². The molecule has 0 unspecified atom stereocenters. The molecule has 0 spiro atoms. The maximum absolute atomic E-state index is 13.0. The van der Waals surface area contributed by atoms with Crippen molar-refractivity contribution in [2.45, 2.75) is 37.6 Å². The summed E-state index contributed by atoms with van der Waals surface area (Å²) in [5.74, 6) is -0.753. The van der Waals surface area contributed by atoms with Crippen LogP contribution in [0, 0.1) is 6.92 Å². The quantitative estimate of drug-likeness (QED) is 0.294. The van der Waals surface area contributed by atoms with Crippen molar-refractivity contribution in [1.29, 1.82) is 0 Å². The van der Waals surface area contributed by atoms with Crippen LogP contribution in [0.5, 0.6) is 5.75 Å². The zero-order valence-electron chi connectivity index (χ0n) is 20.5. The Balaban J connectivity index is 1.56. The van der Waals surface area contributed by atoms with E-state index in [0.717, 1.165) is 22.3 Å². The van der Waals surface area contributed by atoms with Gasteiger partial charge in [-0.25, -0.2) is 4.98 Å². The summed E-state index contributed by atoms with van der Waals surface area (Å²) in [4.78, 5) is 18.2. The monoisotopic (exact) mass is 537 g/mol. The van der Waals surface area contributed by atoms with Gasteiger partial charge in [-0.3, -0.25) is 9.69 Å². The second kappa shape index (κ2) is 9.92. The van der Waals surface area contributed by atoms with Gasteiger partial charge in [-0.2, -0.15) is 13.2 Å². The summed E-state index contributed by atoms with van der Waals surface area (Å²) in [7, 11) is 3.38. The number of aromatic nitrogens is 1.